The predicted molar refractivity (Wildman–Crippen MR) is 69.6 cm³/mol. The number of non-ortho nitro benzene ring substituents is 1. The van der Waals surface area contributed by atoms with Crippen LogP contribution in [0, 0.1) is 10.1 Å². The Morgan fingerprint density at radius 3 is 2.79 bits per heavy atom. The van der Waals surface area contributed by atoms with E-state index in [1.165, 1.54) is 18.2 Å². The van der Waals surface area contributed by atoms with Crippen molar-refractivity contribution in [2.24, 2.45) is 0 Å². The number of nitro groups is 1. The van der Waals surface area contributed by atoms with E-state index in [4.69, 9.17) is 9.84 Å². The Labute approximate surface area is 110 Å². The number of nitro benzene ring substituents is 1. The molecule has 0 fully saturated rings. The van der Waals surface area contributed by atoms with Crippen molar-refractivity contribution < 1.29 is 19.6 Å². The third-order valence-corrected chi connectivity index (χ3v) is 2.60. The Morgan fingerprint density at radius 1 is 1.58 bits per heavy atom. The predicted octanol–water partition coefficient (Wildman–Crippen LogP) is 2.13. The highest BCUT2D eigenvalue weighted by Crippen LogP contribution is 2.23. The molecule has 7 nitrogen and oxygen atoms in total. The van der Waals surface area contributed by atoms with Crippen molar-refractivity contribution in [1.29, 1.82) is 0 Å². The lowest BCUT2D eigenvalue weighted by Crippen LogP contribution is -2.19. The number of ether oxygens (including phenoxy) is 1. The van der Waals surface area contributed by atoms with Gasteiger partial charge in [0.25, 0.3) is 5.69 Å². The van der Waals surface area contributed by atoms with Crippen LogP contribution in [-0.4, -0.2) is 35.8 Å². The van der Waals surface area contributed by atoms with Crippen molar-refractivity contribution in [3.05, 3.63) is 33.9 Å². The lowest BCUT2D eigenvalue weighted by atomic mass is 10.1. The lowest BCUT2D eigenvalue weighted by molar-refractivity contribution is -0.384. The summed E-state index contributed by atoms with van der Waals surface area (Å²) in [4.78, 5) is 21.2. The second kappa shape index (κ2) is 6.69. The monoisotopic (exact) mass is 268 g/mol. The number of rotatable bonds is 7. The lowest BCUT2D eigenvalue weighted by Gasteiger charge is -2.16. The van der Waals surface area contributed by atoms with Gasteiger partial charge in [-0.15, -0.1) is 0 Å². The molecule has 0 spiro atoms. The first kappa shape index (κ1) is 14.9. The molecule has 0 aliphatic carbocycles. The van der Waals surface area contributed by atoms with Crippen molar-refractivity contribution in [3.8, 4) is 0 Å². The van der Waals surface area contributed by atoms with Gasteiger partial charge in [0.05, 0.1) is 16.2 Å². The minimum absolute atomic E-state index is 0.00914. The molecule has 0 aliphatic rings. The van der Waals surface area contributed by atoms with E-state index in [0.29, 0.717) is 13.0 Å². The summed E-state index contributed by atoms with van der Waals surface area (Å²) < 4.78 is 4.93. The average molecular weight is 268 g/mol. The topological polar surface area (TPSA) is 102 Å². The summed E-state index contributed by atoms with van der Waals surface area (Å²) in [6, 6.07) is 3.58. The molecular formula is C12H16N2O5. The quantitative estimate of drug-likeness (QED) is 0.580. The summed E-state index contributed by atoms with van der Waals surface area (Å²) in [5, 5.41) is 22.7. The van der Waals surface area contributed by atoms with Crippen LogP contribution in [0.3, 0.4) is 0 Å². The first-order valence-electron chi connectivity index (χ1n) is 5.73. The van der Waals surface area contributed by atoms with Gasteiger partial charge in [0.2, 0.25) is 0 Å². The fourth-order valence-electron chi connectivity index (χ4n) is 1.58. The summed E-state index contributed by atoms with van der Waals surface area (Å²) in [5.74, 6) is -1.13. The Bertz CT molecular complexity index is 475. The number of carboxylic acids is 1. The second-order valence-electron chi connectivity index (χ2n) is 4.12. The molecule has 19 heavy (non-hydrogen) atoms. The van der Waals surface area contributed by atoms with E-state index in [2.05, 4.69) is 5.32 Å². The summed E-state index contributed by atoms with van der Waals surface area (Å²) in [6.07, 6.45) is 0.665. The number of nitrogens with one attached hydrogen (secondary N) is 1. The highest BCUT2D eigenvalue weighted by atomic mass is 16.6. The molecule has 0 aliphatic heterocycles. The molecule has 1 unspecified atom stereocenters. The second-order valence-corrected chi connectivity index (χ2v) is 4.12. The Hall–Kier alpha value is -2.15. The number of carboxylic acid groups (broad SMARTS) is 1. The third-order valence-electron chi connectivity index (χ3n) is 2.60. The Morgan fingerprint density at radius 2 is 2.26 bits per heavy atom. The van der Waals surface area contributed by atoms with Gasteiger partial charge in [0.15, 0.2) is 0 Å². The van der Waals surface area contributed by atoms with Gasteiger partial charge in [-0.3, -0.25) is 10.1 Å². The van der Waals surface area contributed by atoms with Crippen molar-refractivity contribution in [2.75, 3.05) is 19.0 Å². The Balaban J connectivity index is 2.97. The minimum atomic E-state index is -1.13. The largest absolute Gasteiger partial charge is 0.478 e. The van der Waals surface area contributed by atoms with Gasteiger partial charge in [-0.2, -0.15) is 0 Å². The van der Waals surface area contributed by atoms with E-state index in [1.807, 2.05) is 6.92 Å². The van der Waals surface area contributed by atoms with E-state index in [-0.39, 0.29) is 23.0 Å². The van der Waals surface area contributed by atoms with E-state index in [0.717, 1.165) is 0 Å². The molecule has 0 saturated carbocycles. The summed E-state index contributed by atoms with van der Waals surface area (Å²) >= 11 is 0. The molecule has 0 amide bonds. The number of methoxy groups -OCH3 is 1. The molecule has 0 bridgehead atoms. The number of aromatic carboxylic acids is 1. The van der Waals surface area contributed by atoms with Gasteiger partial charge in [-0.05, 0) is 19.4 Å². The maximum atomic E-state index is 11.1. The average Bonchev–Trinajstić information content (AvgIpc) is 2.35. The number of benzene rings is 1. The van der Waals surface area contributed by atoms with Gasteiger partial charge < -0.3 is 15.2 Å². The van der Waals surface area contributed by atoms with Gasteiger partial charge in [-0.1, -0.05) is 0 Å². The van der Waals surface area contributed by atoms with Crippen LogP contribution < -0.4 is 5.32 Å². The molecule has 2 N–H and O–H groups in total. The van der Waals surface area contributed by atoms with E-state index < -0.39 is 10.9 Å². The van der Waals surface area contributed by atoms with Crippen molar-refractivity contribution >= 4 is 17.3 Å². The standard InChI is InChI=1S/C12H16N2O5/c1-8(5-6-19-2)13-11-7-9(14(17)18)3-4-10(11)12(15)16/h3-4,7-8,13H,5-6H2,1-2H3,(H,15,16). The molecule has 1 rings (SSSR count). The zero-order chi connectivity index (χ0) is 14.4. The number of hydrogen-bond donors (Lipinski definition) is 2. The summed E-state index contributed by atoms with van der Waals surface area (Å²) in [7, 11) is 1.57. The molecule has 7 heteroatoms. The molecule has 0 radical (unpaired) electrons. The van der Waals surface area contributed by atoms with Crippen LogP contribution in [0.25, 0.3) is 0 Å². The van der Waals surface area contributed by atoms with Gasteiger partial charge >= 0.3 is 5.97 Å². The molecule has 0 heterocycles. The fraction of sp³-hybridized carbons (Fsp3) is 0.417. The molecule has 1 aromatic carbocycles. The number of nitrogens with zero attached hydrogens (tertiary/aromatic N) is 1. The normalized spacial score (nSPS) is 11.9. The van der Waals surface area contributed by atoms with Gasteiger partial charge in [0.1, 0.15) is 0 Å². The SMILES string of the molecule is COCCC(C)Nc1cc([N+](=O)[O-])ccc1C(=O)O. The molecule has 0 saturated heterocycles. The van der Waals surface area contributed by atoms with Crippen molar-refractivity contribution in [3.63, 3.8) is 0 Å². The van der Waals surface area contributed by atoms with Crippen LogP contribution in [0.15, 0.2) is 18.2 Å². The van der Waals surface area contributed by atoms with Gasteiger partial charge in [-0.25, -0.2) is 4.79 Å². The molecule has 104 valence electrons. The fourth-order valence-corrected chi connectivity index (χ4v) is 1.58. The third kappa shape index (κ3) is 4.22. The number of carbonyl (C=O) groups is 1. The van der Waals surface area contributed by atoms with Crippen molar-refractivity contribution in [2.45, 2.75) is 19.4 Å². The smallest absolute Gasteiger partial charge is 0.337 e. The molecular weight excluding hydrogens is 252 g/mol. The zero-order valence-corrected chi connectivity index (χ0v) is 10.8. The highest BCUT2D eigenvalue weighted by molar-refractivity contribution is 5.94. The Kier molecular flexibility index (Phi) is 5.25. The summed E-state index contributed by atoms with van der Waals surface area (Å²) in [5.41, 5.74) is 0.103. The highest BCUT2D eigenvalue weighted by Gasteiger charge is 2.16. The van der Waals surface area contributed by atoms with Crippen molar-refractivity contribution in [1.82, 2.24) is 0 Å². The van der Waals surface area contributed by atoms with Crippen LogP contribution in [0.2, 0.25) is 0 Å². The van der Waals surface area contributed by atoms with Crippen LogP contribution in [0.1, 0.15) is 23.7 Å². The minimum Gasteiger partial charge on any atom is -0.478 e. The maximum absolute atomic E-state index is 11.1. The molecule has 1 atom stereocenters. The van der Waals surface area contributed by atoms with Gasteiger partial charge in [0, 0.05) is 31.9 Å². The van der Waals surface area contributed by atoms with Crippen LogP contribution >= 0.6 is 0 Å². The first-order chi connectivity index (χ1) is 8.95. The molecule has 1 aromatic rings. The first-order valence-corrected chi connectivity index (χ1v) is 5.73. The zero-order valence-electron chi connectivity index (χ0n) is 10.8. The van der Waals surface area contributed by atoms with Crippen LogP contribution in [-0.2, 0) is 4.74 Å². The summed E-state index contributed by atoms with van der Waals surface area (Å²) in [6.45, 7) is 2.37. The van der Waals surface area contributed by atoms with Crippen LogP contribution in [0.4, 0.5) is 11.4 Å². The molecule has 0 aromatic heterocycles. The number of anilines is 1. The van der Waals surface area contributed by atoms with E-state index in [9.17, 15) is 14.9 Å². The maximum Gasteiger partial charge on any atom is 0.337 e. The van der Waals surface area contributed by atoms with Crippen LogP contribution in [0.5, 0.6) is 0 Å². The van der Waals surface area contributed by atoms with E-state index >= 15 is 0 Å². The number of hydrogen-bond acceptors (Lipinski definition) is 5. The van der Waals surface area contributed by atoms with E-state index in [1.54, 1.807) is 7.11 Å².